The molecule has 0 atom stereocenters. The lowest BCUT2D eigenvalue weighted by Gasteiger charge is -2.05. The molecule has 0 spiro atoms. The van der Waals surface area contributed by atoms with Crippen molar-refractivity contribution in [1.82, 2.24) is 0 Å². The average Bonchev–Trinajstić information content (AvgIpc) is 2.78. The number of ketones is 2. The second-order valence-electron chi connectivity index (χ2n) is 6.73. The second-order valence-corrected chi connectivity index (χ2v) is 6.73. The number of benzene rings is 4. The molecule has 150 valence electrons. The molecule has 4 heteroatoms. The number of fused-ring (bicyclic) bond motifs is 2. The Hall–Kier alpha value is -3.79. The zero-order chi connectivity index (χ0) is 21.5. The molecule has 0 saturated carbocycles. The van der Waals surface area contributed by atoms with Gasteiger partial charge < -0.3 is 4.74 Å². The van der Waals surface area contributed by atoms with Crippen LogP contribution in [0, 0.1) is 0 Å². The van der Waals surface area contributed by atoms with Crippen molar-refractivity contribution in [3.63, 3.8) is 0 Å². The zero-order valence-electron chi connectivity index (χ0n) is 16.9. The van der Waals surface area contributed by atoms with E-state index >= 15 is 0 Å². The minimum Gasteiger partial charge on any atom is -0.462 e. The number of carbonyl (C=O) groups is 3. The van der Waals surface area contributed by atoms with E-state index in [-0.39, 0.29) is 5.97 Å². The Bertz CT molecular complexity index is 1210. The van der Waals surface area contributed by atoms with Crippen molar-refractivity contribution >= 4 is 39.1 Å². The number of hydrogen-bond acceptors (Lipinski definition) is 4. The van der Waals surface area contributed by atoms with Gasteiger partial charge in [0.05, 0.1) is 12.2 Å². The van der Waals surface area contributed by atoms with Crippen LogP contribution in [0.25, 0.3) is 21.5 Å². The van der Waals surface area contributed by atoms with Gasteiger partial charge in [-0.15, -0.1) is 0 Å². The minimum absolute atomic E-state index is 0.266. The number of carbonyl (C=O) groups excluding carboxylic acids is 3. The lowest BCUT2D eigenvalue weighted by molar-refractivity contribution is -0.113. The standard InChI is InChI=1S/C17H14O2.C9H8O2/c1-2-19-17(18)15-8-7-14-9-12-5-3-4-6-13(12)10-16(14)11-15;1-7(10)9(11)8-5-3-2-4-6-8/h3-11H,2H2,1H3;2-6H,1H3. The number of hydrogen-bond donors (Lipinski definition) is 0. The normalized spacial score (nSPS) is 10.2. The highest BCUT2D eigenvalue weighted by molar-refractivity contribution is 6.42. The van der Waals surface area contributed by atoms with Crippen LogP contribution in [-0.2, 0) is 9.53 Å². The van der Waals surface area contributed by atoms with E-state index in [0.717, 1.165) is 10.8 Å². The summed E-state index contributed by atoms with van der Waals surface area (Å²) in [6.45, 7) is 3.48. The molecule has 0 unspecified atom stereocenters. The van der Waals surface area contributed by atoms with Crippen LogP contribution in [0.1, 0.15) is 34.6 Å². The summed E-state index contributed by atoms with van der Waals surface area (Å²) in [6.07, 6.45) is 0. The Labute approximate surface area is 175 Å². The van der Waals surface area contributed by atoms with Gasteiger partial charge in [0.1, 0.15) is 0 Å². The Balaban J connectivity index is 0.000000199. The van der Waals surface area contributed by atoms with Crippen LogP contribution in [0.3, 0.4) is 0 Å². The summed E-state index contributed by atoms with van der Waals surface area (Å²) in [4.78, 5) is 33.3. The van der Waals surface area contributed by atoms with Gasteiger partial charge >= 0.3 is 5.97 Å². The van der Waals surface area contributed by atoms with Crippen molar-refractivity contribution in [2.24, 2.45) is 0 Å². The third kappa shape index (κ3) is 4.97. The first-order valence-electron chi connectivity index (χ1n) is 9.69. The van der Waals surface area contributed by atoms with E-state index in [1.165, 1.54) is 17.7 Å². The molecule has 0 saturated heterocycles. The number of rotatable bonds is 4. The largest absolute Gasteiger partial charge is 0.462 e. The second kappa shape index (κ2) is 9.61. The highest BCUT2D eigenvalue weighted by atomic mass is 16.5. The summed E-state index contributed by atoms with van der Waals surface area (Å²) in [6, 6.07) is 26.6. The first kappa shape index (κ1) is 20.9. The van der Waals surface area contributed by atoms with Crippen LogP contribution < -0.4 is 0 Å². The molecule has 0 heterocycles. The molecule has 0 aliphatic carbocycles. The van der Waals surface area contributed by atoms with E-state index in [0.29, 0.717) is 17.7 Å². The predicted octanol–water partition coefficient (Wildman–Crippen LogP) is 5.63. The van der Waals surface area contributed by atoms with E-state index < -0.39 is 11.6 Å². The molecule has 0 aliphatic heterocycles. The van der Waals surface area contributed by atoms with Crippen molar-refractivity contribution in [1.29, 1.82) is 0 Å². The van der Waals surface area contributed by atoms with Crippen LogP contribution in [0.5, 0.6) is 0 Å². The summed E-state index contributed by atoms with van der Waals surface area (Å²) in [5, 5.41) is 4.57. The topological polar surface area (TPSA) is 60.4 Å². The smallest absolute Gasteiger partial charge is 0.338 e. The third-order valence-corrected chi connectivity index (χ3v) is 4.57. The van der Waals surface area contributed by atoms with Crippen molar-refractivity contribution < 1.29 is 19.1 Å². The first-order chi connectivity index (χ1) is 14.5. The molecule has 4 aromatic carbocycles. The quantitative estimate of drug-likeness (QED) is 0.193. The summed E-state index contributed by atoms with van der Waals surface area (Å²) in [5.74, 6) is -1.11. The molecule has 0 radical (unpaired) electrons. The fourth-order valence-electron chi connectivity index (χ4n) is 3.07. The van der Waals surface area contributed by atoms with Gasteiger partial charge in [-0.2, -0.15) is 0 Å². The van der Waals surface area contributed by atoms with Gasteiger partial charge in [-0.05, 0) is 52.7 Å². The Morgan fingerprint density at radius 1 is 0.667 bits per heavy atom. The van der Waals surface area contributed by atoms with E-state index in [9.17, 15) is 14.4 Å². The highest BCUT2D eigenvalue weighted by Crippen LogP contribution is 2.24. The summed E-state index contributed by atoms with van der Waals surface area (Å²) < 4.78 is 5.03. The van der Waals surface area contributed by atoms with Crippen LogP contribution >= 0.6 is 0 Å². The maximum atomic E-state index is 11.7. The van der Waals surface area contributed by atoms with Crippen molar-refractivity contribution in [3.8, 4) is 0 Å². The zero-order valence-corrected chi connectivity index (χ0v) is 16.9. The van der Waals surface area contributed by atoms with Crippen molar-refractivity contribution in [3.05, 3.63) is 96.1 Å². The fraction of sp³-hybridized carbons (Fsp3) is 0.115. The Morgan fingerprint density at radius 3 is 1.83 bits per heavy atom. The molecule has 0 aromatic heterocycles. The summed E-state index contributed by atoms with van der Waals surface area (Å²) >= 11 is 0. The maximum absolute atomic E-state index is 11.7. The molecule has 4 rings (SSSR count). The van der Waals surface area contributed by atoms with Gasteiger partial charge in [-0.1, -0.05) is 60.7 Å². The SMILES string of the molecule is CC(=O)C(=O)c1ccccc1.CCOC(=O)c1ccc2cc3ccccc3cc2c1. The molecule has 0 amide bonds. The molecule has 0 N–H and O–H groups in total. The monoisotopic (exact) mass is 398 g/mol. The number of Topliss-reactive ketones (excluding diaryl/α,β-unsaturated/α-hetero) is 2. The van der Waals surface area contributed by atoms with Gasteiger partial charge in [0.15, 0.2) is 5.78 Å². The van der Waals surface area contributed by atoms with Gasteiger partial charge in [0, 0.05) is 12.5 Å². The Morgan fingerprint density at radius 2 is 1.23 bits per heavy atom. The predicted molar refractivity (Wildman–Crippen MR) is 119 cm³/mol. The molecule has 0 bridgehead atoms. The van der Waals surface area contributed by atoms with Crippen LogP contribution in [0.4, 0.5) is 0 Å². The Kier molecular flexibility index (Phi) is 6.71. The van der Waals surface area contributed by atoms with Gasteiger partial charge in [-0.25, -0.2) is 4.79 Å². The average molecular weight is 398 g/mol. The lowest BCUT2D eigenvalue weighted by Crippen LogP contribution is -2.08. The maximum Gasteiger partial charge on any atom is 0.338 e. The van der Waals surface area contributed by atoms with Crippen LogP contribution in [0.2, 0.25) is 0 Å². The molecule has 0 fully saturated rings. The summed E-state index contributed by atoms with van der Waals surface area (Å²) in [5.41, 5.74) is 1.06. The molecular weight excluding hydrogens is 376 g/mol. The van der Waals surface area contributed by atoms with Crippen molar-refractivity contribution in [2.45, 2.75) is 13.8 Å². The van der Waals surface area contributed by atoms with Gasteiger partial charge in [0.2, 0.25) is 5.78 Å². The van der Waals surface area contributed by atoms with Crippen LogP contribution in [0.15, 0.2) is 84.9 Å². The minimum atomic E-state index is -0.425. The summed E-state index contributed by atoms with van der Waals surface area (Å²) in [7, 11) is 0. The van der Waals surface area contributed by atoms with E-state index in [1.807, 2.05) is 37.3 Å². The number of ether oxygens (including phenoxy) is 1. The fourth-order valence-corrected chi connectivity index (χ4v) is 3.07. The highest BCUT2D eigenvalue weighted by Gasteiger charge is 2.09. The van der Waals surface area contributed by atoms with Gasteiger partial charge in [0.25, 0.3) is 0 Å². The van der Waals surface area contributed by atoms with E-state index in [1.54, 1.807) is 30.3 Å². The van der Waals surface area contributed by atoms with E-state index in [2.05, 4.69) is 24.3 Å². The van der Waals surface area contributed by atoms with Crippen LogP contribution in [-0.4, -0.2) is 24.1 Å². The third-order valence-electron chi connectivity index (χ3n) is 4.57. The molecule has 0 aliphatic rings. The van der Waals surface area contributed by atoms with Crippen molar-refractivity contribution in [2.75, 3.05) is 6.61 Å². The molecule has 4 nitrogen and oxygen atoms in total. The van der Waals surface area contributed by atoms with Gasteiger partial charge in [-0.3, -0.25) is 9.59 Å². The lowest BCUT2D eigenvalue weighted by atomic mass is 10.0. The molecular formula is C26H22O4. The first-order valence-corrected chi connectivity index (χ1v) is 9.69. The van der Waals surface area contributed by atoms with E-state index in [4.69, 9.17) is 4.74 Å². The molecule has 30 heavy (non-hydrogen) atoms. The number of esters is 1. The molecule has 4 aromatic rings.